The van der Waals surface area contributed by atoms with Gasteiger partial charge in [-0.05, 0) is 116 Å². The van der Waals surface area contributed by atoms with Crippen molar-refractivity contribution in [2.45, 2.75) is 258 Å². The first-order chi connectivity index (χ1) is 32.0. The molecule has 0 unspecified atom stereocenters. The van der Waals surface area contributed by atoms with Crippen LogP contribution in [0.5, 0.6) is 0 Å². The predicted molar refractivity (Wildman–Crippen MR) is 279 cm³/mol. The van der Waals surface area contributed by atoms with Gasteiger partial charge in [0.15, 0.2) is 6.10 Å². The Balaban J connectivity index is 4.45. The van der Waals surface area contributed by atoms with Gasteiger partial charge in [0, 0.05) is 19.3 Å². The van der Waals surface area contributed by atoms with Crippen LogP contribution in [-0.2, 0) is 28.6 Å². The van der Waals surface area contributed by atoms with Crippen molar-refractivity contribution < 1.29 is 28.6 Å². The second-order valence-corrected chi connectivity index (χ2v) is 17.7. The molecule has 0 saturated carbocycles. The molecule has 6 nitrogen and oxygen atoms in total. The van der Waals surface area contributed by atoms with Crippen LogP contribution in [0.4, 0.5) is 0 Å². The molecule has 0 aliphatic carbocycles. The topological polar surface area (TPSA) is 78.9 Å². The quantitative estimate of drug-likeness (QED) is 0.0262. The largest absolute Gasteiger partial charge is 0.462 e. The maximum absolute atomic E-state index is 12.8. The second-order valence-electron chi connectivity index (χ2n) is 17.7. The van der Waals surface area contributed by atoms with Crippen molar-refractivity contribution in [2.24, 2.45) is 0 Å². The summed E-state index contributed by atoms with van der Waals surface area (Å²) >= 11 is 0. The fourth-order valence-electron chi connectivity index (χ4n) is 7.28. The molecule has 372 valence electrons. The molecule has 0 aliphatic heterocycles. The predicted octanol–water partition coefficient (Wildman–Crippen LogP) is 18.0. The molecule has 0 amide bonds. The van der Waals surface area contributed by atoms with Crippen LogP contribution in [0, 0.1) is 0 Å². The van der Waals surface area contributed by atoms with E-state index in [9.17, 15) is 14.4 Å². The van der Waals surface area contributed by atoms with E-state index < -0.39 is 6.10 Å². The molecule has 1 atom stereocenters. The van der Waals surface area contributed by atoms with Crippen LogP contribution in [0.3, 0.4) is 0 Å². The Morgan fingerprint density at radius 2 is 0.600 bits per heavy atom. The zero-order valence-corrected chi connectivity index (χ0v) is 42.5. The van der Waals surface area contributed by atoms with Crippen molar-refractivity contribution in [3.05, 3.63) is 85.1 Å². The SMILES string of the molecule is CC/C=C\C/C=C\C/C=C\C/C=C\C/C=C\CCCCCC(=O)OC[C@H](COC(=O)CCCCCCC/C=C\CCCCCC)OC(=O)CCCCCCCCC/C=C\CCCCCC. The van der Waals surface area contributed by atoms with E-state index >= 15 is 0 Å². The zero-order chi connectivity index (χ0) is 47.2. The fourth-order valence-corrected chi connectivity index (χ4v) is 7.28. The molecule has 0 bridgehead atoms. The number of hydrogen-bond acceptors (Lipinski definition) is 6. The van der Waals surface area contributed by atoms with Crippen LogP contribution in [0.25, 0.3) is 0 Å². The maximum atomic E-state index is 12.8. The van der Waals surface area contributed by atoms with Crippen molar-refractivity contribution >= 4 is 17.9 Å². The Hall–Kier alpha value is -3.41. The lowest BCUT2D eigenvalue weighted by Gasteiger charge is -2.18. The number of unbranched alkanes of at least 4 members (excludes halogenated alkanes) is 23. The van der Waals surface area contributed by atoms with E-state index in [2.05, 4.69) is 106 Å². The molecule has 0 N–H and O–H groups in total. The van der Waals surface area contributed by atoms with E-state index in [-0.39, 0.29) is 31.1 Å². The van der Waals surface area contributed by atoms with E-state index in [0.29, 0.717) is 19.3 Å². The van der Waals surface area contributed by atoms with Crippen LogP contribution in [0.2, 0.25) is 0 Å². The van der Waals surface area contributed by atoms with Crippen LogP contribution in [0.1, 0.15) is 252 Å². The van der Waals surface area contributed by atoms with Gasteiger partial charge in [0.2, 0.25) is 0 Å². The molecule has 0 saturated heterocycles. The Morgan fingerprint density at radius 3 is 0.969 bits per heavy atom. The summed E-state index contributed by atoms with van der Waals surface area (Å²) in [6.07, 6.45) is 68.5. The lowest BCUT2D eigenvalue weighted by molar-refractivity contribution is -0.167. The molecular formula is C59H100O6. The molecule has 0 aromatic carbocycles. The van der Waals surface area contributed by atoms with Crippen molar-refractivity contribution in [3.8, 4) is 0 Å². The summed E-state index contributed by atoms with van der Waals surface area (Å²) in [5.41, 5.74) is 0. The fraction of sp³-hybridized carbons (Fsp3) is 0.712. The Bertz CT molecular complexity index is 1270. The monoisotopic (exact) mass is 905 g/mol. The summed E-state index contributed by atoms with van der Waals surface area (Å²) in [5, 5.41) is 0. The number of carbonyl (C=O) groups is 3. The summed E-state index contributed by atoms with van der Waals surface area (Å²) in [5.74, 6) is -0.938. The molecule has 0 rings (SSSR count). The molecule has 0 fully saturated rings. The van der Waals surface area contributed by atoms with E-state index in [1.165, 1.54) is 109 Å². The highest BCUT2D eigenvalue weighted by atomic mass is 16.6. The van der Waals surface area contributed by atoms with Crippen molar-refractivity contribution in [3.63, 3.8) is 0 Å². The standard InChI is InChI=1S/C59H100O6/c1-4-7-10-13-16-19-22-25-27-28-29-30-32-34-37-40-43-46-49-52-58(61)64-55-56(54-63-57(60)51-48-45-42-39-36-33-24-21-18-15-12-9-6-3)65-59(62)53-50-47-44-41-38-35-31-26-23-20-17-14-11-8-5-2/h7,10,16,19-21,23-25,27,29-30,34,37,56H,4-6,8-9,11-15,17-18,22,26,28,31-33,35-36,38-55H2,1-3H3/b10-7-,19-16-,23-20-,24-21-,27-25-,30-29-,37-34-/t56-/m0/s1. The number of ether oxygens (including phenoxy) is 3. The maximum Gasteiger partial charge on any atom is 0.306 e. The minimum Gasteiger partial charge on any atom is -0.462 e. The minimum absolute atomic E-state index is 0.0933. The van der Waals surface area contributed by atoms with E-state index in [1.54, 1.807) is 0 Å². The Labute approximate surface area is 401 Å². The number of carbonyl (C=O) groups excluding carboxylic acids is 3. The van der Waals surface area contributed by atoms with Gasteiger partial charge in [0.1, 0.15) is 13.2 Å². The summed E-state index contributed by atoms with van der Waals surface area (Å²) in [6, 6.07) is 0. The van der Waals surface area contributed by atoms with Crippen LogP contribution < -0.4 is 0 Å². The molecule has 0 heterocycles. The average molecular weight is 905 g/mol. The Morgan fingerprint density at radius 1 is 0.323 bits per heavy atom. The van der Waals surface area contributed by atoms with Crippen molar-refractivity contribution in [2.75, 3.05) is 13.2 Å². The normalized spacial score (nSPS) is 12.7. The molecule has 6 heteroatoms. The minimum atomic E-state index is -0.796. The summed E-state index contributed by atoms with van der Waals surface area (Å²) < 4.78 is 16.8. The lowest BCUT2D eigenvalue weighted by Crippen LogP contribution is -2.30. The van der Waals surface area contributed by atoms with Gasteiger partial charge >= 0.3 is 17.9 Å². The van der Waals surface area contributed by atoms with E-state index in [0.717, 1.165) is 103 Å². The first kappa shape index (κ1) is 61.6. The molecule has 0 radical (unpaired) electrons. The van der Waals surface area contributed by atoms with Crippen molar-refractivity contribution in [1.82, 2.24) is 0 Å². The van der Waals surface area contributed by atoms with Gasteiger partial charge in [-0.3, -0.25) is 14.4 Å². The Kier molecular flexibility index (Phi) is 50.4. The zero-order valence-electron chi connectivity index (χ0n) is 42.5. The van der Waals surface area contributed by atoms with Crippen molar-refractivity contribution in [1.29, 1.82) is 0 Å². The van der Waals surface area contributed by atoms with Gasteiger partial charge in [-0.2, -0.15) is 0 Å². The second kappa shape index (κ2) is 53.2. The van der Waals surface area contributed by atoms with Crippen LogP contribution in [0.15, 0.2) is 85.1 Å². The molecule has 0 aromatic rings. The third-order valence-electron chi connectivity index (χ3n) is 11.4. The number of esters is 3. The third-order valence-corrected chi connectivity index (χ3v) is 11.4. The van der Waals surface area contributed by atoms with Gasteiger partial charge < -0.3 is 14.2 Å². The third kappa shape index (κ3) is 51.4. The number of hydrogen-bond donors (Lipinski definition) is 0. The molecule has 0 aromatic heterocycles. The van der Waals surface area contributed by atoms with E-state index in [4.69, 9.17) is 14.2 Å². The average Bonchev–Trinajstić information content (AvgIpc) is 3.30. The van der Waals surface area contributed by atoms with Gasteiger partial charge in [-0.1, -0.05) is 202 Å². The molecule has 65 heavy (non-hydrogen) atoms. The summed E-state index contributed by atoms with van der Waals surface area (Å²) in [7, 11) is 0. The highest BCUT2D eigenvalue weighted by Gasteiger charge is 2.19. The molecule has 0 aliphatic rings. The van der Waals surface area contributed by atoms with E-state index in [1.807, 2.05) is 0 Å². The van der Waals surface area contributed by atoms with Crippen LogP contribution in [-0.4, -0.2) is 37.2 Å². The highest BCUT2D eigenvalue weighted by Crippen LogP contribution is 2.14. The first-order valence-electron chi connectivity index (χ1n) is 27.1. The molecule has 0 spiro atoms. The first-order valence-corrected chi connectivity index (χ1v) is 27.1. The van der Waals surface area contributed by atoms with Crippen LogP contribution >= 0.6 is 0 Å². The highest BCUT2D eigenvalue weighted by molar-refractivity contribution is 5.71. The number of rotatable bonds is 48. The van der Waals surface area contributed by atoms with Gasteiger partial charge in [0.05, 0.1) is 0 Å². The molecular weight excluding hydrogens is 805 g/mol. The summed E-state index contributed by atoms with van der Waals surface area (Å²) in [4.78, 5) is 38.0. The summed E-state index contributed by atoms with van der Waals surface area (Å²) in [6.45, 7) is 6.46. The lowest BCUT2D eigenvalue weighted by atomic mass is 10.1. The van der Waals surface area contributed by atoms with Gasteiger partial charge in [0.25, 0.3) is 0 Å². The van der Waals surface area contributed by atoms with Gasteiger partial charge in [-0.25, -0.2) is 0 Å². The van der Waals surface area contributed by atoms with Gasteiger partial charge in [-0.15, -0.1) is 0 Å². The number of allylic oxidation sites excluding steroid dienone is 14. The smallest absolute Gasteiger partial charge is 0.306 e.